The van der Waals surface area contributed by atoms with Gasteiger partial charge in [-0.15, -0.1) is 45.3 Å². The van der Waals surface area contributed by atoms with Crippen LogP contribution in [0.25, 0.3) is 0 Å². The number of rotatable bonds is 9. The summed E-state index contributed by atoms with van der Waals surface area (Å²) in [6, 6.07) is 10.0. The maximum Gasteiger partial charge on any atom is 0.418 e. The summed E-state index contributed by atoms with van der Waals surface area (Å²) in [7, 11) is 1.04. The van der Waals surface area contributed by atoms with Gasteiger partial charge in [0, 0.05) is 33.7 Å². The van der Waals surface area contributed by atoms with Crippen LogP contribution < -0.4 is 0 Å². The number of hydrogen-bond donors (Lipinski definition) is 1. The first-order valence-electron chi connectivity index (χ1n) is 19.3. The van der Waals surface area contributed by atoms with Crippen molar-refractivity contribution in [2.24, 2.45) is 0 Å². The van der Waals surface area contributed by atoms with Gasteiger partial charge in [-0.2, -0.15) is 52.7 Å². The normalized spacial score (nSPS) is 17.3. The molecule has 7 rings (SSSR count). The summed E-state index contributed by atoms with van der Waals surface area (Å²) in [6.45, 7) is 0.201. The Bertz CT molecular complexity index is 2200. The van der Waals surface area contributed by atoms with Crippen LogP contribution in [0.4, 0.5) is 52.7 Å². The van der Waals surface area contributed by atoms with Gasteiger partial charge in [-0.3, -0.25) is 9.78 Å². The van der Waals surface area contributed by atoms with Crippen molar-refractivity contribution in [2.75, 3.05) is 13.7 Å². The van der Waals surface area contributed by atoms with E-state index in [9.17, 15) is 62.3 Å². The first-order chi connectivity index (χ1) is 30.0. The zero-order chi connectivity index (χ0) is 47.4. The van der Waals surface area contributed by atoms with E-state index in [1.54, 1.807) is 5.38 Å². The number of aliphatic hydroxyl groups is 1. The van der Waals surface area contributed by atoms with Crippen LogP contribution in [-0.2, 0) is 52.6 Å². The predicted molar refractivity (Wildman–Crippen MR) is 220 cm³/mol. The molecular weight excluding hydrogens is 955 g/mol. The lowest BCUT2D eigenvalue weighted by molar-refractivity contribution is -0.138. The fourth-order valence-corrected chi connectivity index (χ4v) is 10.7. The van der Waals surface area contributed by atoms with E-state index in [2.05, 4.69) is 10.8 Å². The number of unbranched alkanes of at least 4 members (excludes halogenated alkanes) is 1. The van der Waals surface area contributed by atoms with Gasteiger partial charge in [0.15, 0.2) is 6.29 Å². The van der Waals surface area contributed by atoms with Crippen LogP contribution in [0.15, 0.2) is 70.2 Å². The molecule has 1 aliphatic carbocycles. The van der Waals surface area contributed by atoms with Crippen molar-refractivity contribution in [3.63, 3.8) is 0 Å². The molecule has 1 aliphatic heterocycles. The lowest BCUT2D eigenvalue weighted by atomic mass is 9.67. The summed E-state index contributed by atoms with van der Waals surface area (Å²) in [6.07, 6.45) is -5.68. The summed E-state index contributed by atoms with van der Waals surface area (Å²) in [4.78, 5) is 25.3. The molecular formula is C42H41F12NO5S4. The van der Waals surface area contributed by atoms with Crippen molar-refractivity contribution in [2.45, 2.75) is 107 Å². The second-order valence-corrected chi connectivity index (χ2v) is 18.4. The third-order valence-corrected chi connectivity index (χ3v) is 14.0. The Balaban J connectivity index is 0.000000212. The summed E-state index contributed by atoms with van der Waals surface area (Å²) in [5.74, 6) is -0.956. The van der Waals surface area contributed by atoms with E-state index in [4.69, 9.17) is 14.8 Å². The lowest BCUT2D eigenvalue weighted by Gasteiger charge is -2.46. The number of pyridine rings is 1. The van der Waals surface area contributed by atoms with Crippen molar-refractivity contribution >= 4 is 57.6 Å². The molecule has 352 valence electrons. The third kappa shape index (κ3) is 14.3. The monoisotopic (exact) mass is 995 g/mol. The molecule has 5 aromatic rings. The van der Waals surface area contributed by atoms with E-state index < -0.39 is 64.4 Å². The Hall–Kier alpha value is -3.83. The van der Waals surface area contributed by atoms with Gasteiger partial charge < -0.3 is 14.6 Å². The molecule has 6 heterocycles. The van der Waals surface area contributed by atoms with Gasteiger partial charge in [-0.25, -0.2) is 4.79 Å². The number of thiophene rings is 4. The van der Waals surface area contributed by atoms with Crippen molar-refractivity contribution < 1.29 is 76.9 Å². The molecule has 1 saturated carbocycles. The molecule has 1 atom stereocenters. The Morgan fingerprint density at radius 2 is 1.28 bits per heavy atom. The number of carbonyl (C=O) groups excluding carboxylic acids is 2. The summed E-state index contributed by atoms with van der Waals surface area (Å²) in [5.41, 5.74) is -1.90. The number of aldehydes is 1. The zero-order valence-corrected chi connectivity index (χ0v) is 37.0. The highest BCUT2D eigenvalue weighted by atomic mass is 32.1. The van der Waals surface area contributed by atoms with Gasteiger partial charge in [-0.05, 0) is 103 Å². The second-order valence-electron chi connectivity index (χ2n) is 14.5. The number of carbonyl (C=O) groups is 2. The average Bonchev–Trinajstić information content (AvgIpc) is 4.09. The molecule has 0 radical (unpaired) electrons. The quantitative estimate of drug-likeness (QED) is 0.0685. The van der Waals surface area contributed by atoms with Gasteiger partial charge >= 0.3 is 30.7 Å². The zero-order valence-electron chi connectivity index (χ0n) is 33.7. The molecule has 64 heavy (non-hydrogen) atoms. The fourth-order valence-electron chi connectivity index (χ4n) is 7.48. The average molecular weight is 996 g/mol. The van der Waals surface area contributed by atoms with Gasteiger partial charge in [0.25, 0.3) is 0 Å². The van der Waals surface area contributed by atoms with E-state index in [1.165, 1.54) is 46.4 Å². The van der Waals surface area contributed by atoms with Gasteiger partial charge in [0.1, 0.15) is 4.88 Å². The molecule has 1 unspecified atom stereocenters. The number of alkyl halides is 12. The maximum absolute atomic E-state index is 13.1. The Morgan fingerprint density at radius 1 is 0.734 bits per heavy atom. The molecule has 1 spiro atoms. The van der Waals surface area contributed by atoms with Crippen molar-refractivity contribution in [1.82, 2.24) is 4.98 Å². The molecule has 0 amide bonds. The van der Waals surface area contributed by atoms with Crippen LogP contribution in [0.5, 0.6) is 0 Å². The number of methoxy groups -OCH3 is 1. The number of ether oxygens (including phenoxy) is 2. The molecule has 5 aromatic heterocycles. The second kappa shape index (κ2) is 22.6. The molecule has 1 saturated heterocycles. The number of hydrogen-bond acceptors (Lipinski definition) is 10. The molecule has 6 nitrogen and oxygen atoms in total. The summed E-state index contributed by atoms with van der Waals surface area (Å²) in [5, 5.41) is 13.8. The summed E-state index contributed by atoms with van der Waals surface area (Å²) >= 11 is 3.63. The Kier molecular flexibility index (Phi) is 18.6. The van der Waals surface area contributed by atoms with Crippen LogP contribution in [0.2, 0.25) is 0 Å². The molecule has 2 aliphatic rings. The first kappa shape index (κ1) is 52.8. The molecule has 2 fully saturated rings. The minimum atomic E-state index is -4.50. The largest absolute Gasteiger partial charge is 0.465 e. The fraction of sp³-hybridized carbons (Fsp3) is 0.452. The van der Waals surface area contributed by atoms with E-state index in [-0.39, 0.29) is 27.1 Å². The van der Waals surface area contributed by atoms with Crippen molar-refractivity contribution in [1.29, 1.82) is 0 Å². The highest BCUT2D eigenvalue weighted by molar-refractivity contribution is 7.12. The Morgan fingerprint density at radius 3 is 1.80 bits per heavy atom. The van der Waals surface area contributed by atoms with E-state index >= 15 is 0 Å². The van der Waals surface area contributed by atoms with Gasteiger partial charge in [0.2, 0.25) is 0 Å². The van der Waals surface area contributed by atoms with Gasteiger partial charge in [0.05, 0.1) is 46.4 Å². The van der Waals surface area contributed by atoms with Crippen molar-refractivity contribution in [3.8, 4) is 0 Å². The lowest BCUT2D eigenvalue weighted by Crippen LogP contribution is -2.46. The minimum absolute atomic E-state index is 0.0209. The minimum Gasteiger partial charge on any atom is -0.465 e. The van der Waals surface area contributed by atoms with Gasteiger partial charge in [-0.1, -0.05) is 25.3 Å². The van der Waals surface area contributed by atoms with Crippen molar-refractivity contribution in [3.05, 3.63) is 118 Å². The first-order valence-corrected chi connectivity index (χ1v) is 22.8. The maximum atomic E-state index is 13.1. The number of aliphatic hydroxyl groups excluding tert-OH is 1. The molecule has 1 N–H and O–H groups in total. The van der Waals surface area contributed by atoms with E-state index in [1.807, 2.05) is 18.3 Å². The number of aromatic nitrogens is 1. The standard InChI is InChI=1S/C23H28F3NOS.C7H5F3O2S.C6H5F3OS.C6H3F3OS/c24-23(25,26)18-9-16-29-19(18)7-1-3-10-21(20-8-2-6-14-27-20)13-15-28-22(17-21)11-4-5-12-22;1-12-6(11)5-4(2-3-13-5)7(8,9)10;2*7-6(8,9)4-1-2-11-5(4)3-10/h2,6,8-9,14,16H,1,3-5,7,10-13,15,17H2;2-3H,1H3;1-2,10H,3H2;1-3H. The SMILES string of the molecule is COC(=O)c1sccc1C(F)(F)F.FC(F)(F)c1ccsc1CCCCC1(c2ccccn2)CCOC2(CCCC2)C1.O=Cc1sccc1C(F)(F)F.OCc1sccc1C(F)(F)F. The number of nitrogens with zero attached hydrogens (tertiary/aromatic N) is 1. The topological polar surface area (TPSA) is 85.7 Å². The van der Waals surface area contributed by atoms with E-state index in [0.717, 1.165) is 105 Å². The van der Waals surface area contributed by atoms with Crippen LogP contribution >= 0.6 is 45.3 Å². The van der Waals surface area contributed by atoms with Crippen LogP contribution in [0, 0.1) is 0 Å². The molecule has 0 bridgehead atoms. The van der Waals surface area contributed by atoms with Crippen LogP contribution in [0.3, 0.4) is 0 Å². The highest BCUT2D eigenvalue weighted by Crippen LogP contribution is 2.50. The van der Waals surface area contributed by atoms with Crippen LogP contribution in [0.1, 0.15) is 115 Å². The third-order valence-electron chi connectivity index (χ3n) is 10.4. The van der Waals surface area contributed by atoms with Crippen LogP contribution in [-0.4, -0.2) is 41.7 Å². The number of aryl methyl sites for hydroxylation is 1. The van der Waals surface area contributed by atoms with E-state index in [0.29, 0.717) is 22.6 Å². The number of esters is 1. The smallest absolute Gasteiger partial charge is 0.418 e. The summed E-state index contributed by atoms with van der Waals surface area (Å²) < 4.78 is 158. The predicted octanol–water partition coefficient (Wildman–Crippen LogP) is 14.3. The highest BCUT2D eigenvalue weighted by Gasteiger charge is 2.48. The Labute approximate surface area is 375 Å². The number of halogens is 12. The molecule has 22 heteroatoms. The molecule has 0 aromatic carbocycles.